The topological polar surface area (TPSA) is 43.9 Å². The predicted molar refractivity (Wildman–Crippen MR) is 127 cm³/mol. The maximum absolute atomic E-state index is 13.1. The van der Waals surface area contributed by atoms with E-state index >= 15 is 0 Å². The first kappa shape index (κ1) is 22.4. The Hall–Kier alpha value is -1.36. The lowest BCUT2D eigenvalue weighted by Crippen LogP contribution is -2.53. The molecule has 178 valence electrons. The lowest BCUT2D eigenvalue weighted by Gasteiger charge is -2.57. The third-order valence-electron chi connectivity index (χ3n) is 9.52. The molecule has 0 aromatic heterocycles. The van der Waals surface area contributed by atoms with Gasteiger partial charge in [-0.1, -0.05) is 44.8 Å². The molecule has 2 atom stereocenters. The molecule has 6 aliphatic rings. The fraction of sp³-hybridized carbons (Fsp3) is 0.852. The fourth-order valence-corrected chi connectivity index (χ4v) is 6.79. The first-order valence-electron chi connectivity index (χ1n) is 13.4. The van der Waals surface area contributed by atoms with Crippen LogP contribution in [0.25, 0.3) is 0 Å². The van der Waals surface area contributed by atoms with Crippen LogP contribution >= 0.6 is 0 Å². The minimum atomic E-state index is 0.279. The van der Waals surface area contributed by atoms with Crippen molar-refractivity contribution in [3.63, 3.8) is 0 Å². The number of hydrogen-bond acceptors (Lipinski definition) is 3. The van der Waals surface area contributed by atoms with Gasteiger partial charge in [0.05, 0.1) is 0 Å². The van der Waals surface area contributed by atoms with Crippen molar-refractivity contribution in [2.75, 3.05) is 45.8 Å². The second-order valence-electron chi connectivity index (χ2n) is 11.9. The summed E-state index contributed by atoms with van der Waals surface area (Å²) in [5.74, 6) is 2.87. The van der Waals surface area contributed by atoms with Crippen LogP contribution in [0.2, 0.25) is 0 Å². The molecule has 4 fully saturated rings. The number of hydrogen-bond donors (Lipinski definition) is 0. The van der Waals surface area contributed by atoms with Crippen molar-refractivity contribution in [3.05, 3.63) is 11.6 Å². The Morgan fingerprint density at radius 2 is 1.72 bits per heavy atom. The molecule has 0 aromatic carbocycles. The first-order valence-corrected chi connectivity index (χ1v) is 13.4. The van der Waals surface area contributed by atoms with Crippen LogP contribution in [0.5, 0.6) is 0 Å². The Balaban J connectivity index is 1.12. The summed E-state index contributed by atoms with van der Waals surface area (Å²) in [4.78, 5) is 32.7. The van der Waals surface area contributed by atoms with Crippen molar-refractivity contribution >= 4 is 11.8 Å². The normalized spacial score (nSPS) is 30.4. The SMILES string of the molecule is CC1(C)C2CC=C(CN(CCN3CCN(C(=O)C4CCCCC4)CC3)C(=O)C3CC3)C1C2. The maximum Gasteiger partial charge on any atom is 0.226 e. The molecule has 2 unspecified atom stereocenters. The molecule has 0 N–H and O–H groups in total. The zero-order valence-electron chi connectivity index (χ0n) is 20.4. The molecule has 0 spiro atoms. The Bertz CT molecular complexity index is 742. The van der Waals surface area contributed by atoms with Gasteiger partial charge in [-0.3, -0.25) is 14.5 Å². The first-order chi connectivity index (χ1) is 15.4. The van der Waals surface area contributed by atoms with Gasteiger partial charge in [0.1, 0.15) is 0 Å². The Morgan fingerprint density at radius 1 is 1.00 bits per heavy atom. The lowest BCUT2D eigenvalue weighted by atomic mass is 9.49. The molecular formula is C27H43N3O2. The zero-order valence-corrected chi connectivity index (χ0v) is 20.4. The molecule has 1 heterocycles. The minimum absolute atomic E-state index is 0.279. The van der Waals surface area contributed by atoms with Gasteiger partial charge < -0.3 is 9.80 Å². The van der Waals surface area contributed by atoms with Crippen molar-refractivity contribution in [1.29, 1.82) is 0 Å². The summed E-state index contributed by atoms with van der Waals surface area (Å²) in [6, 6.07) is 0. The smallest absolute Gasteiger partial charge is 0.226 e. The molecule has 2 amide bonds. The van der Waals surface area contributed by atoms with Crippen LogP contribution in [-0.2, 0) is 9.59 Å². The van der Waals surface area contributed by atoms with Gasteiger partial charge in [0.25, 0.3) is 0 Å². The van der Waals surface area contributed by atoms with E-state index in [1.165, 1.54) is 37.7 Å². The zero-order chi connectivity index (χ0) is 22.3. The van der Waals surface area contributed by atoms with Crippen LogP contribution in [0.4, 0.5) is 0 Å². The highest BCUT2D eigenvalue weighted by Gasteiger charge is 2.51. The van der Waals surface area contributed by atoms with E-state index in [0.29, 0.717) is 23.1 Å². The average molecular weight is 442 g/mol. The second kappa shape index (κ2) is 9.12. The van der Waals surface area contributed by atoms with E-state index in [1.807, 2.05) is 0 Å². The number of nitrogens with zero attached hydrogens (tertiary/aromatic N) is 3. The molecule has 5 nitrogen and oxygen atoms in total. The van der Waals surface area contributed by atoms with E-state index < -0.39 is 0 Å². The summed E-state index contributed by atoms with van der Waals surface area (Å²) in [5, 5.41) is 0. The van der Waals surface area contributed by atoms with Gasteiger partial charge in [-0.2, -0.15) is 0 Å². The highest BCUT2D eigenvalue weighted by Crippen LogP contribution is 2.59. The Kier molecular flexibility index (Phi) is 6.39. The highest BCUT2D eigenvalue weighted by molar-refractivity contribution is 5.81. The van der Waals surface area contributed by atoms with E-state index in [2.05, 4.69) is 34.6 Å². The van der Waals surface area contributed by atoms with Crippen molar-refractivity contribution in [3.8, 4) is 0 Å². The number of piperazine rings is 1. The molecule has 0 radical (unpaired) electrons. The number of carbonyl (C=O) groups is 2. The number of carbonyl (C=O) groups excluding carboxylic acids is 2. The van der Waals surface area contributed by atoms with Gasteiger partial charge in [0, 0.05) is 57.6 Å². The molecule has 5 heteroatoms. The largest absolute Gasteiger partial charge is 0.340 e. The van der Waals surface area contributed by atoms with Crippen molar-refractivity contribution in [1.82, 2.24) is 14.7 Å². The summed E-state index contributed by atoms with van der Waals surface area (Å²) in [5.41, 5.74) is 1.94. The Labute approximate surface area is 194 Å². The Morgan fingerprint density at radius 3 is 2.34 bits per heavy atom. The number of rotatable bonds is 7. The molecule has 1 aliphatic heterocycles. The van der Waals surface area contributed by atoms with Crippen LogP contribution in [0.1, 0.15) is 71.6 Å². The quantitative estimate of drug-likeness (QED) is 0.562. The summed E-state index contributed by atoms with van der Waals surface area (Å²) in [6.45, 7) is 11.1. The average Bonchev–Trinajstić information content (AvgIpc) is 3.67. The van der Waals surface area contributed by atoms with Crippen molar-refractivity contribution in [2.24, 2.45) is 29.1 Å². The van der Waals surface area contributed by atoms with Gasteiger partial charge >= 0.3 is 0 Å². The standard InChI is InChI=1S/C27H43N3O2/c1-27(2)23-11-10-22(24(27)18-23)19-30(26(32)21-8-9-21)17-14-28-12-15-29(16-13-28)25(31)20-6-4-3-5-7-20/h10,20-21,23-24H,3-9,11-19H2,1-2H3. The molecular weight excluding hydrogens is 398 g/mol. The third kappa shape index (κ3) is 4.51. The molecule has 1 saturated heterocycles. The van der Waals surface area contributed by atoms with Crippen LogP contribution in [0.15, 0.2) is 11.6 Å². The van der Waals surface area contributed by atoms with Crippen molar-refractivity contribution in [2.45, 2.75) is 71.6 Å². The molecule has 3 saturated carbocycles. The molecule has 32 heavy (non-hydrogen) atoms. The second-order valence-corrected chi connectivity index (χ2v) is 11.9. The monoisotopic (exact) mass is 441 g/mol. The summed E-state index contributed by atoms with van der Waals surface area (Å²) in [7, 11) is 0. The van der Waals surface area contributed by atoms with E-state index in [-0.39, 0.29) is 11.8 Å². The van der Waals surface area contributed by atoms with E-state index in [1.54, 1.807) is 0 Å². The molecule has 0 aromatic rings. The van der Waals surface area contributed by atoms with E-state index in [4.69, 9.17) is 0 Å². The van der Waals surface area contributed by atoms with Gasteiger partial charge in [-0.15, -0.1) is 0 Å². The lowest BCUT2D eigenvalue weighted by molar-refractivity contribution is -0.138. The van der Waals surface area contributed by atoms with Crippen LogP contribution in [-0.4, -0.2) is 72.3 Å². The summed E-state index contributed by atoms with van der Waals surface area (Å²) in [6.07, 6.45) is 13.0. The van der Waals surface area contributed by atoms with Crippen LogP contribution in [0, 0.1) is 29.1 Å². The van der Waals surface area contributed by atoms with E-state index in [9.17, 15) is 9.59 Å². The molecule has 6 rings (SSSR count). The number of allylic oxidation sites excluding steroid dienone is 1. The number of fused-ring (bicyclic) bond motifs is 1. The van der Waals surface area contributed by atoms with Gasteiger partial charge in [0.15, 0.2) is 0 Å². The highest BCUT2D eigenvalue weighted by atomic mass is 16.2. The van der Waals surface area contributed by atoms with Crippen LogP contribution < -0.4 is 0 Å². The van der Waals surface area contributed by atoms with Crippen LogP contribution in [0.3, 0.4) is 0 Å². The molecule has 2 bridgehead atoms. The van der Waals surface area contributed by atoms with Gasteiger partial charge in [-0.05, 0) is 55.8 Å². The maximum atomic E-state index is 13.1. The minimum Gasteiger partial charge on any atom is -0.340 e. The van der Waals surface area contributed by atoms with E-state index in [0.717, 1.165) is 77.4 Å². The van der Waals surface area contributed by atoms with Gasteiger partial charge in [-0.25, -0.2) is 0 Å². The fourth-order valence-electron chi connectivity index (χ4n) is 6.79. The predicted octanol–water partition coefficient (Wildman–Crippen LogP) is 3.94. The molecule has 5 aliphatic carbocycles. The van der Waals surface area contributed by atoms with Crippen molar-refractivity contribution < 1.29 is 9.59 Å². The summed E-state index contributed by atoms with van der Waals surface area (Å²) >= 11 is 0. The van der Waals surface area contributed by atoms with Gasteiger partial charge in [0.2, 0.25) is 11.8 Å². The summed E-state index contributed by atoms with van der Waals surface area (Å²) < 4.78 is 0. The third-order valence-corrected chi connectivity index (χ3v) is 9.52. The number of amides is 2.